The number of aromatic nitrogens is 1. The molecule has 0 atom stereocenters. The van der Waals surface area contributed by atoms with Crippen molar-refractivity contribution in [3.8, 4) is 39.1 Å². The van der Waals surface area contributed by atoms with E-state index in [1.54, 1.807) is 0 Å². The summed E-state index contributed by atoms with van der Waals surface area (Å²) in [7, 11) is 0. The molecule has 3 aromatic heterocycles. The second-order valence-electron chi connectivity index (χ2n) is 18.4. The van der Waals surface area contributed by atoms with E-state index in [1.165, 1.54) is 44.1 Å². The van der Waals surface area contributed by atoms with Gasteiger partial charge in [-0.1, -0.05) is 147 Å². The summed E-state index contributed by atoms with van der Waals surface area (Å²) in [6.45, 7) is 4.70. The topological polar surface area (TPSA) is 34.5 Å². The van der Waals surface area contributed by atoms with Crippen LogP contribution in [0.5, 0.6) is 0 Å². The van der Waals surface area contributed by atoms with Gasteiger partial charge in [0.25, 0.3) is 0 Å². The van der Waals surface area contributed by atoms with E-state index in [2.05, 4.69) is 230 Å². The van der Waals surface area contributed by atoms with Gasteiger partial charge in [0.05, 0.1) is 22.1 Å². The molecule has 4 nitrogen and oxygen atoms in total. The van der Waals surface area contributed by atoms with Gasteiger partial charge in [-0.25, -0.2) is 0 Å². The van der Waals surface area contributed by atoms with Gasteiger partial charge < -0.3 is 18.3 Å². The Bertz CT molecular complexity index is 4130. The molecule has 14 rings (SSSR count). The number of rotatable bonds is 6. The average molecular weight is 859 g/mol. The van der Waals surface area contributed by atoms with Crippen LogP contribution in [0.4, 0.5) is 17.1 Å². The van der Waals surface area contributed by atoms with Gasteiger partial charge in [0.15, 0.2) is 0 Å². The molecule has 3 heterocycles. The average Bonchev–Trinajstić information content (AvgIpc) is 4.11. The van der Waals surface area contributed by atoms with Crippen molar-refractivity contribution >= 4 is 82.7 Å². The zero-order valence-corrected chi connectivity index (χ0v) is 37.0. The molecular weight excluding hydrogens is 817 g/mol. The van der Waals surface area contributed by atoms with E-state index >= 15 is 0 Å². The maximum Gasteiger partial charge on any atom is 0.143 e. The van der Waals surface area contributed by atoms with Gasteiger partial charge in [-0.05, 0) is 124 Å². The van der Waals surface area contributed by atoms with Gasteiger partial charge in [0.1, 0.15) is 22.3 Å². The third-order valence-corrected chi connectivity index (χ3v) is 14.4. The fraction of sp³-hybridized carbons (Fsp3) is 0.0476. The minimum absolute atomic E-state index is 0.166. The van der Waals surface area contributed by atoms with E-state index in [4.69, 9.17) is 8.83 Å². The van der Waals surface area contributed by atoms with Crippen LogP contribution in [-0.2, 0) is 5.41 Å². The number of benzene rings is 10. The van der Waals surface area contributed by atoms with Crippen LogP contribution >= 0.6 is 0 Å². The van der Waals surface area contributed by atoms with Crippen molar-refractivity contribution in [1.82, 2.24) is 4.57 Å². The lowest BCUT2D eigenvalue weighted by Gasteiger charge is -2.28. The monoisotopic (exact) mass is 858 g/mol. The van der Waals surface area contributed by atoms with Crippen molar-refractivity contribution in [3.05, 3.63) is 230 Å². The Balaban J connectivity index is 0.947. The van der Waals surface area contributed by atoms with Crippen molar-refractivity contribution in [2.24, 2.45) is 0 Å². The molecule has 0 spiro atoms. The number of nitrogens with zero attached hydrogens (tertiary/aromatic N) is 2. The summed E-state index contributed by atoms with van der Waals surface area (Å²) < 4.78 is 15.6. The molecule has 0 saturated carbocycles. The van der Waals surface area contributed by atoms with Crippen LogP contribution in [0.15, 0.2) is 227 Å². The molecule has 10 aromatic carbocycles. The van der Waals surface area contributed by atoms with Gasteiger partial charge in [-0.3, -0.25) is 0 Å². The molecule has 316 valence electrons. The molecule has 0 amide bonds. The third kappa shape index (κ3) is 5.60. The highest BCUT2D eigenvalue weighted by atomic mass is 16.3. The van der Waals surface area contributed by atoms with Gasteiger partial charge in [-0.15, -0.1) is 0 Å². The molecule has 1 aliphatic rings. The fourth-order valence-corrected chi connectivity index (χ4v) is 11.2. The summed E-state index contributed by atoms with van der Waals surface area (Å²) in [4.78, 5) is 2.42. The van der Waals surface area contributed by atoms with Crippen molar-refractivity contribution < 1.29 is 8.83 Å². The first-order valence-corrected chi connectivity index (χ1v) is 23.1. The Morgan fingerprint density at radius 1 is 0.388 bits per heavy atom. The zero-order valence-electron chi connectivity index (χ0n) is 37.0. The molecule has 0 fully saturated rings. The molecule has 0 N–H and O–H groups in total. The lowest BCUT2D eigenvalue weighted by atomic mass is 9.82. The number of furan rings is 2. The number of hydrogen-bond acceptors (Lipinski definition) is 3. The van der Waals surface area contributed by atoms with Crippen molar-refractivity contribution in [2.75, 3.05) is 4.90 Å². The minimum atomic E-state index is -0.166. The molecule has 0 radical (unpaired) electrons. The first-order valence-electron chi connectivity index (χ1n) is 23.1. The molecule has 1 aliphatic carbocycles. The summed E-state index contributed by atoms with van der Waals surface area (Å²) in [5.74, 6) is 0. The summed E-state index contributed by atoms with van der Waals surface area (Å²) >= 11 is 0. The molecule has 67 heavy (non-hydrogen) atoms. The quantitative estimate of drug-likeness (QED) is 0.167. The summed E-state index contributed by atoms with van der Waals surface area (Å²) in [5, 5.41) is 6.85. The smallest absolute Gasteiger partial charge is 0.143 e. The van der Waals surface area contributed by atoms with E-state index in [1.807, 2.05) is 12.1 Å². The molecule has 4 heteroatoms. The first-order chi connectivity index (χ1) is 33.0. The maximum atomic E-state index is 6.74. The van der Waals surface area contributed by atoms with Gasteiger partial charge in [0, 0.05) is 55.0 Å². The standard InChI is InChI=1S/C63H42N2O2/c1-63(2)53-21-9-6-16-46(53)47-33-32-44(38-54(47)63)64(43-30-26-39(27-31-43)45-19-12-20-50-49-18-8-11-24-58(49)67-62(45)50)57-23-13-25-60-61(57)52-37-41(29-35-59(52)66-60)40-28-34-56-51(36-40)48-17-7-10-22-55(48)65(56)42-14-4-3-5-15-42/h3-38H,1-2H3. The number of fused-ring (bicyclic) bond motifs is 12. The molecule has 0 saturated heterocycles. The first kappa shape index (κ1) is 37.7. The highest BCUT2D eigenvalue weighted by Gasteiger charge is 2.36. The van der Waals surface area contributed by atoms with Crippen LogP contribution in [0.25, 0.3) is 105 Å². The fourth-order valence-electron chi connectivity index (χ4n) is 11.2. The lowest BCUT2D eigenvalue weighted by molar-refractivity contribution is 0.660. The van der Waals surface area contributed by atoms with E-state index in [9.17, 15) is 0 Å². The van der Waals surface area contributed by atoms with E-state index < -0.39 is 0 Å². The van der Waals surface area contributed by atoms with Crippen molar-refractivity contribution in [1.29, 1.82) is 0 Å². The van der Waals surface area contributed by atoms with E-state index in [-0.39, 0.29) is 5.41 Å². The van der Waals surface area contributed by atoms with Crippen LogP contribution < -0.4 is 4.90 Å². The van der Waals surface area contributed by atoms with Crippen LogP contribution in [0.1, 0.15) is 25.0 Å². The Kier molecular flexibility index (Phi) is 8.00. The predicted octanol–water partition coefficient (Wildman–Crippen LogP) is 17.7. The Morgan fingerprint density at radius 2 is 1.01 bits per heavy atom. The maximum absolute atomic E-state index is 6.74. The normalized spacial score (nSPS) is 13.0. The minimum Gasteiger partial charge on any atom is -0.456 e. The number of hydrogen-bond donors (Lipinski definition) is 0. The molecule has 0 unspecified atom stereocenters. The van der Waals surface area contributed by atoms with Gasteiger partial charge in [-0.2, -0.15) is 0 Å². The Hall–Kier alpha value is -8.60. The Morgan fingerprint density at radius 3 is 1.90 bits per heavy atom. The van der Waals surface area contributed by atoms with Crippen LogP contribution in [-0.4, -0.2) is 4.57 Å². The largest absolute Gasteiger partial charge is 0.456 e. The SMILES string of the molecule is CC1(C)c2ccccc2-c2ccc(N(c3ccc(-c4cccc5c4oc4ccccc45)cc3)c3cccc4oc5ccc(-c6ccc7c(c6)c6ccccc6n7-c6ccccc6)cc5c34)cc21. The second-order valence-corrected chi connectivity index (χ2v) is 18.4. The summed E-state index contributed by atoms with van der Waals surface area (Å²) in [6, 6.07) is 78.9. The molecule has 0 aliphatic heterocycles. The highest BCUT2D eigenvalue weighted by Crippen LogP contribution is 2.52. The second kappa shape index (κ2) is 14.2. The molecular formula is C63H42N2O2. The number of anilines is 3. The number of para-hydroxylation sites is 4. The zero-order chi connectivity index (χ0) is 44.4. The Labute approximate surface area is 387 Å². The highest BCUT2D eigenvalue weighted by molar-refractivity contribution is 6.15. The molecule has 0 bridgehead atoms. The molecule has 13 aromatic rings. The summed E-state index contributed by atoms with van der Waals surface area (Å²) in [6.07, 6.45) is 0. The van der Waals surface area contributed by atoms with Crippen molar-refractivity contribution in [3.63, 3.8) is 0 Å². The van der Waals surface area contributed by atoms with E-state index in [0.717, 1.165) is 88.9 Å². The van der Waals surface area contributed by atoms with Crippen LogP contribution in [0, 0.1) is 0 Å². The summed E-state index contributed by atoms with van der Waals surface area (Å²) in [5.41, 5.74) is 19.8. The third-order valence-electron chi connectivity index (χ3n) is 14.4. The predicted molar refractivity (Wildman–Crippen MR) is 278 cm³/mol. The lowest BCUT2D eigenvalue weighted by Crippen LogP contribution is -2.16. The van der Waals surface area contributed by atoms with E-state index in [0.29, 0.717) is 0 Å². The van der Waals surface area contributed by atoms with Gasteiger partial charge >= 0.3 is 0 Å². The van der Waals surface area contributed by atoms with Gasteiger partial charge in [0.2, 0.25) is 0 Å². The van der Waals surface area contributed by atoms with Crippen molar-refractivity contribution in [2.45, 2.75) is 19.3 Å². The van der Waals surface area contributed by atoms with Crippen LogP contribution in [0.2, 0.25) is 0 Å². The van der Waals surface area contributed by atoms with Crippen LogP contribution in [0.3, 0.4) is 0 Å².